The largest absolute Gasteiger partial charge is 0.429 e. The maximum atomic E-state index is 14.1. The van der Waals surface area contributed by atoms with Crippen molar-refractivity contribution < 1.29 is 40.9 Å². The lowest BCUT2D eigenvalue weighted by Gasteiger charge is -2.43. The Bertz CT molecular complexity index is 1030. The smallest absolute Gasteiger partial charge is 0.393 e. The molecule has 9 heteroatoms. The predicted octanol–water partition coefficient (Wildman–Crippen LogP) is 7.61. The van der Waals surface area contributed by atoms with E-state index in [0.717, 1.165) is 37.3 Å². The van der Waals surface area contributed by atoms with Crippen LogP contribution in [0.5, 0.6) is 0 Å². The van der Waals surface area contributed by atoms with Gasteiger partial charge in [-0.05, 0) is 85.3 Å². The minimum absolute atomic E-state index is 0.00564. The van der Waals surface area contributed by atoms with Crippen LogP contribution in [0.15, 0.2) is 59.3 Å². The Balaban J connectivity index is 1.53. The lowest BCUT2D eigenvalue weighted by molar-refractivity contribution is -0.347. The Morgan fingerprint density at radius 2 is 1.73 bits per heavy atom. The number of rotatable bonds is 5. The van der Waals surface area contributed by atoms with Gasteiger partial charge in [0.25, 0.3) is 5.60 Å². The topological polar surface area (TPSA) is 40.5 Å². The number of hydrogen-bond acceptors (Lipinski definition) is 2. The Kier molecular flexibility index (Phi) is 7.15. The number of allylic oxidation sites excluding steroid dienone is 7. The highest BCUT2D eigenvalue weighted by molar-refractivity contribution is 5.42. The number of halogens is 7. The van der Waals surface area contributed by atoms with Gasteiger partial charge in [0, 0.05) is 6.42 Å². The zero-order valence-electron chi connectivity index (χ0n) is 20.7. The van der Waals surface area contributed by atoms with Crippen molar-refractivity contribution in [1.29, 1.82) is 0 Å². The molecule has 0 aromatic carbocycles. The third-order valence-corrected chi connectivity index (χ3v) is 8.93. The molecule has 0 bridgehead atoms. The fourth-order valence-corrected chi connectivity index (χ4v) is 6.61. The Hall–Kier alpha value is -1.87. The number of alkyl halides is 7. The Morgan fingerprint density at radius 3 is 2.32 bits per heavy atom. The molecule has 0 saturated heterocycles. The maximum Gasteiger partial charge on any atom is 0.429 e. The quantitative estimate of drug-likeness (QED) is 0.282. The van der Waals surface area contributed by atoms with E-state index >= 15 is 0 Å². The summed E-state index contributed by atoms with van der Waals surface area (Å²) < 4.78 is 92.5. The molecule has 3 saturated carbocycles. The molecule has 0 aliphatic heterocycles. The molecule has 0 spiro atoms. The highest BCUT2D eigenvalue weighted by Gasteiger charge is 2.69. The van der Waals surface area contributed by atoms with Crippen LogP contribution in [0.4, 0.5) is 30.7 Å². The molecule has 206 valence electrons. The van der Waals surface area contributed by atoms with Gasteiger partial charge in [0.2, 0.25) is 0 Å². The first-order chi connectivity index (χ1) is 17.0. The summed E-state index contributed by atoms with van der Waals surface area (Å²) in [5.74, 6) is 0.139. The molecule has 2 nitrogen and oxygen atoms in total. The van der Waals surface area contributed by atoms with E-state index in [0.29, 0.717) is 30.4 Å². The van der Waals surface area contributed by atoms with Crippen molar-refractivity contribution in [2.45, 2.75) is 94.9 Å². The van der Waals surface area contributed by atoms with Crippen LogP contribution in [-0.4, -0.2) is 40.4 Å². The SMILES string of the molecule is C=C1/C(=C\C=C2/CCCC3(C)C(C4(C/C=C/C(O)(C(F)(F)F)C(F)(F)F)CC4)=CC[C@@H]23)C[C@@H](O)CC1F. The molecule has 4 rings (SSSR count). The number of hydrogen-bond donors (Lipinski definition) is 2. The zero-order chi connectivity index (χ0) is 27.4. The molecule has 4 atom stereocenters. The summed E-state index contributed by atoms with van der Waals surface area (Å²) in [5, 5.41) is 19.4. The molecule has 4 aliphatic carbocycles. The summed E-state index contributed by atoms with van der Waals surface area (Å²) in [6.07, 6.45) is -2.17. The molecule has 0 heterocycles. The van der Waals surface area contributed by atoms with E-state index < -0.39 is 35.6 Å². The Morgan fingerprint density at radius 1 is 1.08 bits per heavy atom. The highest BCUT2D eigenvalue weighted by Crippen LogP contribution is 2.67. The molecule has 4 aliphatic rings. The van der Waals surface area contributed by atoms with E-state index in [9.17, 15) is 40.9 Å². The van der Waals surface area contributed by atoms with E-state index in [4.69, 9.17) is 0 Å². The third-order valence-electron chi connectivity index (χ3n) is 8.93. The average molecular weight is 535 g/mol. The van der Waals surface area contributed by atoms with E-state index in [1.54, 1.807) is 0 Å². The first kappa shape index (κ1) is 28.1. The maximum absolute atomic E-state index is 14.1. The van der Waals surface area contributed by atoms with Crippen molar-refractivity contribution in [3.8, 4) is 0 Å². The number of aliphatic hydroxyl groups is 2. The van der Waals surface area contributed by atoms with Gasteiger partial charge in [-0.25, -0.2) is 4.39 Å². The Labute approximate surface area is 212 Å². The van der Waals surface area contributed by atoms with Crippen molar-refractivity contribution in [2.75, 3.05) is 0 Å². The van der Waals surface area contributed by atoms with Gasteiger partial charge in [-0.1, -0.05) is 49.0 Å². The summed E-state index contributed by atoms with van der Waals surface area (Å²) >= 11 is 0. The van der Waals surface area contributed by atoms with Crippen molar-refractivity contribution >= 4 is 0 Å². The average Bonchev–Trinajstić information content (AvgIpc) is 3.46. The zero-order valence-corrected chi connectivity index (χ0v) is 20.7. The molecule has 0 aromatic rings. The van der Waals surface area contributed by atoms with Crippen LogP contribution in [0.25, 0.3) is 0 Å². The monoisotopic (exact) mass is 534 g/mol. The van der Waals surface area contributed by atoms with Gasteiger partial charge in [-0.3, -0.25) is 0 Å². The molecule has 37 heavy (non-hydrogen) atoms. The molecule has 0 amide bonds. The van der Waals surface area contributed by atoms with Crippen LogP contribution < -0.4 is 0 Å². The van der Waals surface area contributed by atoms with Gasteiger partial charge in [0.05, 0.1) is 6.10 Å². The van der Waals surface area contributed by atoms with E-state index in [-0.39, 0.29) is 30.3 Å². The number of fused-ring (bicyclic) bond motifs is 1. The van der Waals surface area contributed by atoms with Crippen LogP contribution >= 0.6 is 0 Å². The van der Waals surface area contributed by atoms with E-state index in [2.05, 4.69) is 19.6 Å². The fourth-order valence-electron chi connectivity index (χ4n) is 6.61. The van der Waals surface area contributed by atoms with E-state index in [1.165, 1.54) is 5.57 Å². The molecule has 0 aromatic heterocycles. The first-order valence-corrected chi connectivity index (χ1v) is 12.7. The van der Waals surface area contributed by atoms with Crippen LogP contribution in [-0.2, 0) is 0 Å². The van der Waals surface area contributed by atoms with Crippen LogP contribution in [0, 0.1) is 16.7 Å². The molecule has 2 unspecified atom stereocenters. The standard InChI is InChI=1S/C28H33F7O2/c1-17-19(15-20(36)16-22(17)29)7-6-18-5-3-10-24(2)21(18)8-9-23(24)25(13-14-25)11-4-12-26(37,27(30,31)32)28(33,34)35/h4,6-7,9,12,20-22,36-37H,1,3,5,8,10-11,13-16H2,2H3/b12-4+,18-6+,19-7-/t20-,21+,22?,24?/m1/s1. The molecule has 0 radical (unpaired) electrons. The molecular weight excluding hydrogens is 501 g/mol. The lowest BCUT2D eigenvalue weighted by Crippen LogP contribution is -2.55. The molecular formula is C28H33F7O2. The van der Waals surface area contributed by atoms with Gasteiger partial charge in [-0.15, -0.1) is 0 Å². The van der Waals surface area contributed by atoms with Gasteiger partial charge < -0.3 is 10.2 Å². The van der Waals surface area contributed by atoms with Gasteiger partial charge in [-0.2, -0.15) is 26.3 Å². The normalized spacial score (nSPS) is 34.8. The minimum Gasteiger partial charge on any atom is -0.393 e. The van der Waals surface area contributed by atoms with E-state index in [1.807, 2.05) is 12.2 Å². The van der Waals surface area contributed by atoms with Crippen LogP contribution in [0.3, 0.4) is 0 Å². The number of aliphatic hydroxyl groups excluding tert-OH is 1. The molecule has 2 N–H and O–H groups in total. The summed E-state index contributed by atoms with van der Waals surface area (Å²) in [6.45, 7) is 5.94. The van der Waals surface area contributed by atoms with Gasteiger partial charge >= 0.3 is 12.4 Å². The van der Waals surface area contributed by atoms with Crippen LogP contribution in [0.1, 0.15) is 64.7 Å². The van der Waals surface area contributed by atoms with Crippen molar-refractivity contribution in [3.05, 3.63) is 59.3 Å². The highest BCUT2D eigenvalue weighted by atomic mass is 19.4. The molecule has 3 fully saturated rings. The predicted molar refractivity (Wildman–Crippen MR) is 126 cm³/mol. The minimum atomic E-state index is -5.87. The first-order valence-electron chi connectivity index (χ1n) is 12.7. The second kappa shape index (κ2) is 9.40. The van der Waals surface area contributed by atoms with Crippen molar-refractivity contribution in [2.24, 2.45) is 16.7 Å². The van der Waals surface area contributed by atoms with Crippen molar-refractivity contribution in [3.63, 3.8) is 0 Å². The second-order valence-electron chi connectivity index (χ2n) is 11.3. The summed E-state index contributed by atoms with van der Waals surface area (Å²) in [5.41, 5.74) is -2.33. The second-order valence-corrected chi connectivity index (χ2v) is 11.3. The van der Waals surface area contributed by atoms with Gasteiger partial charge in [0.1, 0.15) is 6.17 Å². The summed E-state index contributed by atoms with van der Waals surface area (Å²) in [6, 6.07) is 0. The lowest BCUT2D eigenvalue weighted by atomic mass is 9.61. The van der Waals surface area contributed by atoms with Crippen molar-refractivity contribution in [1.82, 2.24) is 0 Å². The third kappa shape index (κ3) is 4.98. The summed E-state index contributed by atoms with van der Waals surface area (Å²) in [7, 11) is 0. The fraction of sp³-hybridized carbons (Fsp3) is 0.643. The van der Waals surface area contributed by atoms with Gasteiger partial charge in [0.15, 0.2) is 0 Å². The summed E-state index contributed by atoms with van der Waals surface area (Å²) in [4.78, 5) is 0. The van der Waals surface area contributed by atoms with Crippen LogP contribution in [0.2, 0.25) is 0 Å².